The van der Waals surface area contributed by atoms with Crippen LogP contribution in [0.4, 0.5) is 5.69 Å². The van der Waals surface area contributed by atoms with Crippen molar-refractivity contribution >= 4 is 17.5 Å². The molecule has 8 nitrogen and oxygen atoms in total. The molecule has 46 heavy (non-hydrogen) atoms. The zero-order valence-corrected chi connectivity index (χ0v) is 28.0. The van der Waals surface area contributed by atoms with Crippen molar-refractivity contribution in [3.05, 3.63) is 99.0 Å². The molecule has 8 heteroatoms. The first kappa shape index (κ1) is 33.2. The van der Waals surface area contributed by atoms with Crippen LogP contribution < -0.4 is 15.8 Å². The summed E-state index contributed by atoms with van der Waals surface area (Å²) in [6.07, 6.45) is 6.89. The minimum Gasteiger partial charge on any atom is -0.368 e. The molecule has 2 N–H and O–H groups in total. The van der Waals surface area contributed by atoms with E-state index in [0.717, 1.165) is 72.7 Å². The molecule has 2 amide bonds. The number of rotatable bonds is 10. The number of hydrogen-bond donors (Lipinski definition) is 2. The number of likely N-dealkylation sites (tertiary alicyclic amines) is 2. The van der Waals surface area contributed by atoms with Crippen LogP contribution in [0.2, 0.25) is 0 Å². The van der Waals surface area contributed by atoms with Gasteiger partial charge in [0, 0.05) is 61.3 Å². The summed E-state index contributed by atoms with van der Waals surface area (Å²) in [5.74, 6) is -0.224. The first-order valence-electron chi connectivity index (χ1n) is 16.8. The highest BCUT2D eigenvalue weighted by Crippen LogP contribution is 2.34. The summed E-state index contributed by atoms with van der Waals surface area (Å²) in [4.78, 5) is 48.5. The van der Waals surface area contributed by atoms with Gasteiger partial charge in [-0.15, -0.1) is 0 Å². The summed E-state index contributed by atoms with van der Waals surface area (Å²) in [7, 11) is 0. The van der Waals surface area contributed by atoms with Gasteiger partial charge >= 0.3 is 0 Å². The van der Waals surface area contributed by atoms with Crippen LogP contribution in [0.5, 0.6) is 0 Å². The number of aromatic nitrogens is 1. The molecule has 2 saturated heterocycles. The Hall–Kier alpha value is -4.17. The van der Waals surface area contributed by atoms with Crippen LogP contribution in [0.25, 0.3) is 11.1 Å². The molecule has 0 aliphatic carbocycles. The standard InChI is InChI=1S/C38H49N5O3/c1-6-36(44)42-18-14-32(15-19-42)43(7-2)35-23-31(30-13-11-12-29(21-30)25-41-16-9-8-10-17-41)22-33(28(35)5)37(45)39-24-34-26(3)20-27(4)40-38(34)46/h6,11-13,20-23,32H,1,7-10,14-19,24-25H2,2-5H3,(H,39,45)(H,40,46). The molecule has 0 saturated carbocycles. The number of carbonyl (C=O) groups is 2. The van der Waals surface area contributed by atoms with Gasteiger partial charge in [-0.3, -0.25) is 19.3 Å². The molecule has 2 aliphatic rings. The molecule has 2 aromatic carbocycles. The van der Waals surface area contributed by atoms with Gasteiger partial charge in [0.1, 0.15) is 0 Å². The highest BCUT2D eigenvalue weighted by molar-refractivity contribution is 5.99. The van der Waals surface area contributed by atoms with Crippen molar-refractivity contribution in [2.24, 2.45) is 0 Å². The van der Waals surface area contributed by atoms with E-state index in [9.17, 15) is 14.4 Å². The summed E-state index contributed by atoms with van der Waals surface area (Å²) >= 11 is 0. The normalized spacial score (nSPS) is 15.9. The summed E-state index contributed by atoms with van der Waals surface area (Å²) in [5.41, 5.74) is 7.94. The third kappa shape index (κ3) is 7.61. The van der Waals surface area contributed by atoms with E-state index in [1.54, 1.807) is 0 Å². The summed E-state index contributed by atoms with van der Waals surface area (Å²) in [6.45, 7) is 17.1. The first-order valence-corrected chi connectivity index (χ1v) is 16.8. The number of piperidine rings is 2. The van der Waals surface area contributed by atoms with Gasteiger partial charge in [0.05, 0.1) is 0 Å². The van der Waals surface area contributed by atoms with Crippen LogP contribution in [0, 0.1) is 20.8 Å². The van der Waals surface area contributed by atoms with Crippen molar-refractivity contribution < 1.29 is 9.59 Å². The van der Waals surface area contributed by atoms with E-state index in [4.69, 9.17) is 0 Å². The second kappa shape index (κ2) is 14.9. The van der Waals surface area contributed by atoms with Crippen molar-refractivity contribution in [3.63, 3.8) is 0 Å². The van der Waals surface area contributed by atoms with E-state index in [1.807, 2.05) is 37.8 Å². The quantitative estimate of drug-likeness (QED) is 0.275. The van der Waals surface area contributed by atoms with Gasteiger partial charge in [0.15, 0.2) is 0 Å². The number of nitrogens with zero attached hydrogens (tertiary/aromatic N) is 3. The van der Waals surface area contributed by atoms with Crippen LogP contribution >= 0.6 is 0 Å². The number of nitrogens with one attached hydrogen (secondary N) is 2. The van der Waals surface area contributed by atoms with E-state index in [0.29, 0.717) is 24.2 Å². The Kier molecular flexibility index (Phi) is 10.8. The number of pyridine rings is 1. The van der Waals surface area contributed by atoms with Crippen molar-refractivity contribution in [3.8, 4) is 11.1 Å². The first-order chi connectivity index (χ1) is 22.2. The molecule has 0 atom stereocenters. The largest absolute Gasteiger partial charge is 0.368 e. The Labute approximate surface area is 273 Å². The van der Waals surface area contributed by atoms with Gasteiger partial charge < -0.3 is 20.1 Å². The molecule has 244 valence electrons. The second-order valence-corrected chi connectivity index (χ2v) is 12.9. The average molecular weight is 624 g/mol. The number of anilines is 1. The Morgan fingerprint density at radius 3 is 2.41 bits per heavy atom. The van der Waals surface area contributed by atoms with E-state index >= 15 is 0 Å². The van der Waals surface area contributed by atoms with Gasteiger partial charge in [-0.25, -0.2) is 0 Å². The summed E-state index contributed by atoms with van der Waals surface area (Å²) in [5, 5.41) is 3.05. The van der Waals surface area contributed by atoms with Gasteiger partial charge in [-0.05, 0) is 125 Å². The zero-order chi connectivity index (χ0) is 32.8. The lowest BCUT2D eigenvalue weighted by Crippen LogP contribution is -2.46. The van der Waals surface area contributed by atoms with E-state index in [2.05, 4.69) is 63.9 Å². The number of benzene rings is 2. The maximum atomic E-state index is 13.9. The van der Waals surface area contributed by atoms with Gasteiger partial charge in [0.25, 0.3) is 11.5 Å². The fourth-order valence-electron chi connectivity index (χ4n) is 7.14. The lowest BCUT2D eigenvalue weighted by Gasteiger charge is -2.40. The molecule has 2 aliphatic heterocycles. The monoisotopic (exact) mass is 623 g/mol. The summed E-state index contributed by atoms with van der Waals surface area (Å²) < 4.78 is 0. The van der Waals surface area contributed by atoms with Gasteiger partial charge in [0.2, 0.25) is 5.91 Å². The summed E-state index contributed by atoms with van der Waals surface area (Å²) in [6, 6.07) is 15.1. The fourth-order valence-corrected chi connectivity index (χ4v) is 7.14. The van der Waals surface area contributed by atoms with Crippen LogP contribution in [-0.2, 0) is 17.9 Å². The molecule has 5 rings (SSSR count). The maximum absolute atomic E-state index is 13.9. The molecule has 2 fully saturated rings. The zero-order valence-electron chi connectivity index (χ0n) is 28.0. The number of H-pyrrole nitrogens is 1. The molecule has 0 radical (unpaired) electrons. The number of aryl methyl sites for hydroxylation is 2. The van der Waals surface area contributed by atoms with Crippen molar-refractivity contribution in [2.45, 2.75) is 78.9 Å². The Balaban J connectivity index is 1.49. The highest BCUT2D eigenvalue weighted by atomic mass is 16.2. The minimum atomic E-state index is -0.202. The molecule has 1 aromatic heterocycles. The molecule has 0 bridgehead atoms. The number of hydrogen-bond acceptors (Lipinski definition) is 5. The van der Waals surface area contributed by atoms with Crippen molar-refractivity contribution in [1.82, 2.24) is 20.1 Å². The Morgan fingerprint density at radius 1 is 1.00 bits per heavy atom. The molecule has 0 unspecified atom stereocenters. The third-order valence-electron chi connectivity index (χ3n) is 9.70. The van der Waals surface area contributed by atoms with Gasteiger partial charge in [-0.2, -0.15) is 0 Å². The topological polar surface area (TPSA) is 88.8 Å². The molecular weight excluding hydrogens is 574 g/mol. The molecular formula is C38H49N5O3. The number of carbonyl (C=O) groups excluding carboxylic acids is 2. The maximum Gasteiger partial charge on any atom is 0.253 e. The van der Waals surface area contributed by atoms with Crippen LogP contribution in [0.3, 0.4) is 0 Å². The second-order valence-electron chi connectivity index (χ2n) is 12.9. The number of aromatic amines is 1. The van der Waals surface area contributed by atoms with E-state index < -0.39 is 0 Å². The third-order valence-corrected chi connectivity index (χ3v) is 9.70. The van der Waals surface area contributed by atoms with Crippen LogP contribution in [0.1, 0.15) is 77.3 Å². The van der Waals surface area contributed by atoms with E-state index in [1.165, 1.54) is 30.9 Å². The Bertz CT molecular complexity index is 1630. The van der Waals surface area contributed by atoms with Crippen molar-refractivity contribution in [2.75, 3.05) is 37.6 Å². The molecule has 3 heterocycles. The van der Waals surface area contributed by atoms with E-state index in [-0.39, 0.29) is 30.0 Å². The van der Waals surface area contributed by atoms with Crippen LogP contribution in [0.15, 0.2) is 59.9 Å². The predicted molar refractivity (Wildman–Crippen MR) is 186 cm³/mol. The predicted octanol–water partition coefficient (Wildman–Crippen LogP) is 5.89. The average Bonchev–Trinajstić information content (AvgIpc) is 3.05. The minimum absolute atomic E-state index is 0.0225. The lowest BCUT2D eigenvalue weighted by atomic mass is 9.94. The van der Waals surface area contributed by atoms with Gasteiger partial charge in [-0.1, -0.05) is 31.2 Å². The van der Waals surface area contributed by atoms with Crippen LogP contribution in [-0.4, -0.2) is 65.4 Å². The number of amides is 2. The lowest BCUT2D eigenvalue weighted by molar-refractivity contribution is -0.127. The smallest absolute Gasteiger partial charge is 0.253 e. The molecule has 3 aromatic rings. The highest BCUT2D eigenvalue weighted by Gasteiger charge is 2.28. The Morgan fingerprint density at radius 2 is 1.74 bits per heavy atom. The van der Waals surface area contributed by atoms with Crippen molar-refractivity contribution in [1.29, 1.82) is 0 Å². The molecule has 0 spiro atoms. The fraction of sp³-hybridized carbons (Fsp3) is 0.447. The SMILES string of the molecule is C=CC(=O)N1CCC(N(CC)c2cc(-c3cccc(CN4CCCCC4)c3)cc(C(=O)NCc3c(C)cc(C)[nH]c3=O)c2C)CC1.